The van der Waals surface area contributed by atoms with Gasteiger partial charge in [-0.05, 0) is 41.8 Å². The highest BCUT2D eigenvalue weighted by Crippen LogP contribution is 2.41. The van der Waals surface area contributed by atoms with Gasteiger partial charge in [-0.15, -0.1) is 0 Å². The number of nitrogens with one attached hydrogen (secondary N) is 1. The van der Waals surface area contributed by atoms with Crippen LogP contribution in [0.5, 0.6) is 0 Å². The Kier molecular flexibility index (Phi) is 7.76. The lowest BCUT2D eigenvalue weighted by Gasteiger charge is -2.41. The molecule has 2 amide bonds. The lowest BCUT2D eigenvalue weighted by Crippen LogP contribution is -2.54. The largest absolute Gasteiger partial charge is 0.393 e. The number of aliphatic hydroxyl groups excluding tert-OH is 1. The molecule has 1 saturated heterocycles. The number of aromatic nitrogens is 2. The van der Waals surface area contributed by atoms with Crippen LogP contribution in [0.15, 0.2) is 67.1 Å². The number of carbonyl (C=O) groups excluding carboxylic acids is 1. The Hall–Kier alpha value is -3.63. The average molecular weight is 540 g/mol. The first-order valence-electron chi connectivity index (χ1n) is 13.0. The quantitative estimate of drug-likeness (QED) is 0.489. The molecule has 0 spiro atoms. The van der Waals surface area contributed by atoms with E-state index in [0.29, 0.717) is 30.6 Å². The van der Waals surface area contributed by atoms with Crippen molar-refractivity contribution < 1.29 is 23.1 Å². The number of H-pyrrole nitrogens is 1. The van der Waals surface area contributed by atoms with Gasteiger partial charge in [0.05, 0.1) is 12.9 Å². The molecule has 1 aromatic heterocycles. The van der Waals surface area contributed by atoms with Crippen LogP contribution < -0.4 is 0 Å². The second-order valence-corrected chi connectivity index (χ2v) is 10.3. The van der Waals surface area contributed by atoms with Crippen LogP contribution in [0.25, 0.3) is 5.57 Å². The van der Waals surface area contributed by atoms with E-state index in [1.54, 1.807) is 49.9 Å². The van der Waals surface area contributed by atoms with Gasteiger partial charge in [-0.25, -0.2) is 22.9 Å². The number of hydrogen-bond donors (Lipinski definition) is 2. The number of alkyl halides is 1. The Morgan fingerprint density at radius 1 is 1.23 bits per heavy atom. The van der Waals surface area contributed by atoms with E-state index in [1.165, 1.54) is 9.80 Å². The molecule has 2 N–H and O–H groups in total. The van der Waals surface area contributed by atoms with E-state index >= 15 is 4.39 Å². The van der Waals surface area contributed by atoms with Crippen molar-refractivity contribution in [3.8, 4) is 0 Å². The fourth-order valence-corrected chi connectivity index (χ4v) is 5.70. The van der Waals surface area contributed by atoms with E-state index < -0.39 is 36.0 Å². The monoisotopic (exact) mass is 539 g/mol. The lowest BCUT2D eigenvalue weighted by molar-refractivity contribution is 0.0758. The lowest BCUT2D eigenvalue weighted by atomic mass is 9.89. The number of amides is 2. The van der Waals surface area contributed by atoms with Crippen molar-refractivity contribution in [2.24, 2.45) is 0 Å². The number of aromatic amines is 1. The third-order valence-corrected chi connectivity index (χ3v) is 7.80. The van der Waals surface area contributed by atoms with Gasteiger partial charge in [0.2, 0.25) is 0 Å². The van der Waals surface area contributed by atoms with Crippen molar-refractivity contribution in [3.63, 3.8) is 0 Å². The molecule has 7 nitrogen and oxygen atoms in total. The first-order chi connectivity index (χ1) is 18.8. The maximum absolute atomic E-state index is 15.1. The number of rotatable bonds is 6. The van der Waals surface area contributed by atoms with Gasteiger partial charge in [-0.2, -0.15) is 0 Å². The summed E-state index contributed by atoms with van der Waals surface area (Å²) >= 11 is 0. The molecular weight excluding hydrogens is 507 g/mol. The van der Waals surface area contributed by atoms with Crippen molar-refractivity contribution in [1.82, 2.24) is 24.7 Å². The summed E-state index contributed by atoms with van der Waals surface area (Å²) in [5, 5.41) is 10.7. The molecule has 1 fully saturated rings. The second kappa shape index (κ2) is 11.2. The summed E-state index contributed by atoms with van der Waals surface area (Å²) in [6.07, 6.45) is 4.53. The Balaban J connectivity index is 1.42. The smallest absolute Gasteiger partial charge is 0.321 e. The van der Waals surface area contributed by atoms with Gasteiger partial charge in [-0.1, -0.05) is 30.3 Å². The third-order valence-electron chi connectivity index (χ3n) is 7.80. The summed E-state index contributed by atoms with van der Waals surface area (Å²) in [6, 6.07) is 11.4. The van der Waals surface area contributed by atoms with E-state index in [9.17, 15) is 18.7 Å². The molecule has 10 heteroatoms. The number of imidazole rings is 1. The average Bonchev–Trinajstić information content (AvgIpc) is 3.56. The number of halogens is 3. The molecule has 3 aromatic rings. The summed E-state index contributed by atoms with van der Waals surface area (Å²) in [5.41, 5.74) is 0.653. The molecule has 3 atom stereocenters. The highest BCUT2D eigenvalue weighted by molar-refractivity contribution is 5.83. The predicted molar refractivity (Wildman–Crippen MR) is 141 cm³/mol. The number of hydrogen-bond acceptors (Lipinski definition) is 4. The second-order valence-electron chi connectivity index (χ2n) is 10.3. The Morgan fingerprint density at radius 3 is 2.74 bits per heavy atom. The zero-order valence-electron chi connectivity index (χ0n) is 21.7. The van der Waals surface area contributed by atoms with Crippen molar-refractivity contribution in [2.75, 3.05) is 33.3 Å². The minimum absolute atomic E-state index is 0.0365. The molecule has 206 valence electrons. The van der Waals surface area contributed by atoms with E-state index in [1.807, 2.05) is 11.0 Å². The predicted octanol–water partition coefficient (Wildman–Crippen LogP) is 4.33. The first-order valence-corrected chi connectivity index (χ1v) is 13.0. The fraction of sp³-hybridized carbons (Fsp3) is 0.379. The van der Waals surface area contributed by atoms with Crippen LogP contribution in [0.4, 0.5) is 18.0 Å². The van der Waals surface area contributed by atoms with Gasteiger partial charge in [0.1, 0.15) is 23.3 Å². The van der Waals surface area contributed by atoms with Crippen LogP contribution in [0.2, 0.25) is 0 Å². The highest BCUT2D eigenvalue weighted by Gasteiger charge is 2.46. The molecule has 2 unspecified atom stereocenters. The van der Waals surface area contributed by atoms with Gasteiger partial charge in [-0.3, -0.25) is 4.90 Å². The van der Waals surface area contributed by atoms with Crippen molar-refractivity contribution in [1.29, 1.82) is 0 Å². The number of likely N-dealkylation sites (tertiary alicyclic amines) is 1. The van der Waals surface area contributed by atoms with Crippen LogP contribution in [-0.4, -0.2) is 81.3 Å². The summed E-state index contributed by atoms with van der Waals surface area (Å²) in [7, 11) is 1.64. The summed E-state index contributed by atoms with van der Waals surface area (Å²) in [5.74, 6) is -1.22. The molecule has 5 rings (SSSR count). The molecule has 39 heavy (non-hydrogen) atoms. The Bertz CT molecular complexity index is 1320. The van der Waals surface area contributed by atoms with Gasteiger partial charge in [0, 0.05) is 63.1 Å². The van der Waals surface area contributed by atoms with Crippen LogP contribution in [-0.2, 0) is 12.1 Å². The standard InChI is InChI=1S/C29H32F3N5O2/c1-35(25-9-10-36(16-23(31)11-25)17-24-14-33-19-34-24)28(39)37-15-20(26-12-22(30)7-8-27(26)32)13-29(37,18-38)21-5-3-2-4-6-21/h2-8,12-14,19,23,25,38H,9-11,15-18H2,1H3,(H,33,34)/t23?,25?,29-/m1/s1. The number of nitrogens with zero attached hydrogens (tertiary/aromatic N) is 4. The third kappa shape index (κ3) is 5.44. The van der Waals surface area contributed by atoms with E-state index in [4.69, 9.17) is 0 Å². The molecule has 2 aliphatic heterocycles. The molecule has 3 heterocycles. The molecule has 0 saturated carbocycles. The number of benzene rings is 2. The topological polar surface area (TPSA) is 75.7 Å². The molecule has 2 aliphatic rings. The molecular formula is C29H32F3N5O2. The normalized spacial score (nSPS) is 23.9. The SMILES string of the molecule is CN(C(=O)N1CC(c2cc(F)ccc2F)=C[C@@]1(CO)c1ccccc1)C1CCN(Cc2cnc[nH]2)CC(F)C1. The summed E-state index contributed by atoms with van der Waals surface area (Å²) in [4.78, 5) is 26.1. The van der Waals surface area contributed by atoms with Gasteiger partial charge in [0.15, 0.2) is 0 Å². The fourth-order valence-electron chi connectivity index (χ4n) is 5.70. The number of carbonyl (C=O) groups is 1. The minimum Gasteiger partial charge on any atom is -0.393 e. The van der Waals surface area contributed by atoms with Gasteiger partial charge < -0.3 is 19.9 Å². The van der Waals surface area contributed by atoms with Gasteiger partial charge in [0.25, 0.3) is 0 Å². The van der Waals surface area contributed by atoms with Crippen molar-refractivity contribution in [3.05, 3.63) is 95.6 Å². The number of urea groups is 1. The van der Waals surface area contributed by atoms with Crippen LogP contribution in [0.3, 0.4) is 0 Å². The zero-order chi connectivity index (χ0) is 27.6. The first kappa shape index (κ1) is 27.0. The van der Waals surface area contributed by atoms with Crippen LogP contribution in [0, 0.1) is 11.6 Å². The Labute approximate surface area is 225 Å². The Morgan fingerprint density at radius 2 is 2.03 bits per heavy atom. The summed E-state index contributed by atoms with van der Waals surface area (Å²) < 4.78 is 43.9. The molecule has 0 bridgehead atoms. The van der Waals surface area contributed by atoms with Crippen molar-refractivity contribution >= 4 is 11.6 Å². The molecule has 0 radical (unpaired) electrons. The van der Waals surface area contributed by atoms with Gasteiger partial charge >= 0.3 is 6.03 Å². The van der Waals surface area contributed by atoms with Crippen molar-refractivity contribution in [2.45, 2.75) is 37.1 Å². The highest BCUT2D eigenvalue weighted by atomic mass is 19.1. The molecule has 0 aliphatic carbocycles. The maximum atomic E-state index is 15.1. The van der Waals surface area contributed by atoms with Crippen LogP contribution >= 0.6 is 0 Å². The minimum atomic E-state index is -1.30. The van der Waals surface area contributed by atoms with E-state index in [-0.39, 0.29) is 31.1 Å². The summed E-state index contributed by atoms with van der Waals surface area (Å²) in [6.45, 7) is 0.854. The number of aliphatic hydroxyl groups is 1. The van der Waals surface area contributed by atoms with E-state index in [2.05, 4.69) is 9.97 Å². The maximum Gasteiger partial charge on any atom is 0.321 e. The zero-order valence-corrected chi connectivity index (χ0v) is 21.7. The van der Waals surface area contributed by atoms with E-state index in [0.717, 1.165) is 23.9 Å². The van der Waals surface area contributed by atoms with Crippen LogP contribution in [0.1, 0.15) is 29.7 Å². The molecule has 2 aromatic carbocycles.